The van der Waals surface area contributed by atoms with E-state index in [0.29, 0.717) is 17.9 Å². The van der Waals surface area contributed by atoms with Crippen LogP contribution >= 0.6 is 0 Å². The van der Waals surface area contributed by atoms with Crippen molar-refractivity contribution < 1.29 is 9.21 Å². The summed E-state index contributed by atoms with van der Waals surface area (Å²) in [7, 11) is 0. The fourth-order valence-electron chi connectivity index (χ4n) is 3.90. The molecule has 0 radical (unpaired) electrons. The SMILES string of the molecule is CCCN(C(=O)CC1CC1)[C@H]1CCc2cc3ccoc3cc2C1. The van der Waals surface area contributed by atoms with Crippen molar-refractivity contribution in [1.29, 1.82) is 0 Å². The molecule has 2 aliphatic rings. The van der Waals surface area contributed by atoms with E-state index < -0.39 is 0 Å². The van der Waals surface area contributed by atoms with Gasteiger partial charge in [0.1, 0.15) is 5.58 Å². The van der Waals surface area contributed by atoms with Crippen LogP contribution in [0.15, 0.2) is 28.9 Å². The average molecular weight is 311 g/mol. The van der Waals surface area contributed by atoms with Crippen molar-refractivity contribution in [2.45, 2.75) is 57.9 Å². The molecule has 1 aromatic carbocycles. The molecular weight excluding hydrogens is 286 g/mol. The second-order valence-electron chi connectivity index (χ2n) is 7.21. The molecule has 0 unspecified atom stereocenters. The molecule has 1 amide bonds. The fraction of sp³-hybridized carbons (Fsp3) is 0.550. The molecule has 0 bridgehead atoms. The zero-order valence-electron chi connectivity index (χ0n) is 13.9. The minimum atomic E-state index is 0.362. The number of hydrogen-bond donors (Lipinski definition) is 0. The second-order valence-corrected chi connectivity index (χ2v) is 7.21. The Morgan fingerprint density at radius 3 is 2.91 bits per heavy atom. The van der Waals surface area contributed by atoms with Crippen LogP contribution in [-0.4, -0.2) is 23.4 Å². The first-order valence-electron chi connectivity index (χ1n) is 9.03. The highest BCUT2D eigenvalue weighted by Gasteiger charge is 2.31. The number of carbonyl (C=O) groups is 1. The standard InChI is InChI=1S/C20H25NO2/c1-2-8-21(20(22)10-14-3-4-14)18-6-5-15-11-16-7-9-23-19(16)13-17(15)12-18/h7,9,11,13-14,18H,2-6,8,10,12H2,1H3/t18-/m0/s1. The van der Waals surface area contributed by atoms with E-state index in [0.717, 1.165) is 44.2 Å². The zero-order valence-corrected chi connectivity index (χ0v) is 13.9. The van der Waals surface area contributed by atoms with Crippen LogP contribution < -0.4 is 0 Å². The lowest BCUT2D eigenvalue weighted by molar-refractivity contribution is -0.134. The van der Waals surface area contributed by atoms with Gasteiger partial charge in [0.2, 0.25) is 5.91 Å². The molecule has 3 nitrogen and oxygen atoms in total. The third-order valence-corrected chi connectivity index (χ3v) is 5.36. The molecule has 1 saturated carbocycles. The van der Waals surface area contributed by atoms with Gasteiger partial charge in [0.25, 0.3) is 0 Å². The summed E-state index contributed by atoms with van der Waals surface area (Å²) in [6.07, 6.45) is 9.19. The molecule has 0 N–H and O–H groups in total. The third kappa shape index (κ3) is 3.01. The molecule has 1 fully saturated rings. The maximum absolute atomic E-state index is 12.7. The predicted octanol–water partition coefficient (Wildman–Crippen LogP) is 4.33. The minimum Gasteiger partial charge on any atom is -0.464 e. The van der Waals surface area contributed by atoms with Crippen molar-refractivity contribution in [2.24, 2.45) is 5.92 Å². The summed E-state index contributed by atoms with van der Waals surface area (Å²) in [5.74, 6) is 1.04. The number of carbonyl (C=O) groups excluding carboxylic acids is 1. The number of aryl methyl sites for hydroxylation is 1. The number of amides is 1. The van der Waals surface area contributed by atoms with E-state index in [1.165, 1.54) is 29.4 Å². The molecule has 1 aromatic heterocycles. The lowest BCUT2D eigenvalue weighted by atomic mass is 9.86. The van der Waals surface area contributed by atoms with Crippen molar-refractivity contribution in [2.75, 3.05) is 6.54 Å². The Bertz CT molecular complexity index is 714. The van der Waals surface area contributed by atoms with E-state index in [-0.39, 0.29) is 0 Å². The number of hydrogen-bond acceptors (Lipinski definition) is 2. The van der Waals surface area contributed by atoms with Crippen LogP contribution in [0.4, 0.5) is 0 Å². The van der Waals surface area contributed by atoms with Gasteiger partial charge in [-0.1, -0.05) is 6.92 Å². The van der Waals surface area contributed by atoms with Gasteiger partial charge in [0.15, 0.2) is 0 Å². The predicted molar refractivity (Wildman–Crippen MR) is 91.4 cm³/mol. The van der Waals surface area contributed by atoms with E-state index in [9.17, 15) is 4.79 Å². The molecule has 2 aliphatic carbocycles. The van der Waals surface area contributed by atoms with Gasteiger partial charge in [-0.15, -0.1) is 0 Å². The monoisotopic (exact) mass is 311 g/mol. The fourth-order valence-corrected chi connectivity index (χ4v) is 3.90. The van der Waals surface area contributed by atoms with Gasteiger partial charge in [-0.2, -0.15) is 0 Å². The summed E-state index contributed by atoms with van der Waals surface area (Å²) < 4.78 is 5.55. The van der Waals surface area contributed by atoms with E-state index in [4.69, 9.17) is 4.42 Å². The summed E-state index contributed by atoms with van der Waals surface area (Å²) in [5, 5.41) is 1.19. The Labute approximate surface area is 137 Å². The largest absolute Gasteiger partial charge is 0.464 e. The van der Waals surface area contributed by atoms with E-state index in [1.807, 2.05) is 6.07 Å². The molecule has 23 heavy (non-hydrogen) atoms. The Balaban J connectivity index is 1.55. The van der Waals surface area contributed by atoms with Crippen LogP contribution in [-0.2, 0) is 17.6 Å². The number of rotatable bonds is 5. The van der Waals surface area contributed by atoms with Gasteiger partial charge >= 0.3 is 0 Å². The van der Waals surface area contributed by atoms with E-state index >= 15 is 0 Å². The maximum Gasteiger partial charge on any atom is 0.223 e. The Morgan fingerprint density at radius 1 is 1.26 bits per heavy atom. The Kier molecular flexibility index (Phi) is 3.88. The average Bonchev–Trinajstić information content (AvgIpc) is 3.25. The summed E-state index contributed by atoms with van der Waals surface area (Å²) in [6.45, 7) is 3.06. The molecule has 0 aliphatic heterocycles. The van der Waals surface area contributed by atoms with Gasteiger partial charge < -0.3 is 9.32 Å². The van der Waals surface area contributed by atoms with Crippen molar-refractivity contribution in [3.8, 4) is 0 Å². The first-order valence-corrected chi connectivity index (χ1v) is 9.03. The van der Waals surface area contributed by atoms with Crippen molar-refractivity contribution in [3.63, 3.8) is 0 Å². The molecule has 122 valence electrons. The summed E-state index contributed by atoms with van der Waals surface area (Å²) in [4.78, 5) is 14.8. The van der Waals surface area contributed by atoms with Crippen molar-refractivity contribution >= 4 is 16.9 Å². The second kappa shape index (κ2) is 6.03. The lowest BCUT2D eigenvalue weighted by Gasteiger charge is -2.35. The van der Waals surface area contributed by atoms with Crippen LogP contribution in [0.5, 0.6) is 0 Å². The van der Waals surface area contributed by atoms with Gasteiger partial charge in [-0.05, 0) is 73.8 Å². The highest BCUT2D eigenvalue weighted by atomic mass is 16.3. The molecule has 0 spiro atoms. The molecule has 0 saturated heterocycles. The summed E-state index contributed by atoms with van der Waals surface area (Å²) >= 11 is 0. The van der Waals surface area contributed by atoms with Crippen LogP contribution in [0.2, 0.25) is 0 Å². The normalized spacial score (nSPS) is 20.5. The van der Waals surface area contributed by atoms with Gasteiger partial charge in [-0.3, -0.25) is 4.79 Å². The smallest absolute Gasteiger partial charge is 0.223 e. The highest BCUT2D eigenvalue weighted by molar-refractivity contribution is 5.79. The van der Waals surface area contributed by atoms with Crippen LogP contribution in [0.25, 0.3) is 11.0 Å². The molecule has 1 atom stereocenters. The van der Waals surface area contributed by atoms with Crippen LogP contribution in [0, 0.1) is 5.92 Å². The first-order chi connectivity index (χ1) is 11.2. The van der Waals surface area contributed by atoms with E-state index in [2.05, 4.69) is 24.0 Å². The Morgan fingerprint density at radius 2 is 2.13 bits per heavy atom. The quantitative estimate of drug-likeness (QED) is 0.823. The molecule has 1 heterocycles. The third-order valence-electron chi connectivity index (χ3n) is 5.36. The van der Waals surface area contributed by atoms with Crippen LogP contribution in [0.1, 0.15) is 50.2 Å². The van der Waals surface area contributed by atoms with Crippen molar-refractivity contribution in [1.82, 2.24) is 4.90 Å². The molecule has 3 heteroatoms. The summed E-state index contributed by atoms with van der Waals surface area (Å²) in [6, 6.07) is 6.85. The summed E-state index contributed by atoms with van der Waals surface area (Å²) in [5.41, 5.74) is 3.76. The minimum absolute atomic E-state index is 0.362. The number of fused-ring (bicyclic) bond motifs is 2. The molecule has 2 aromatic rings. The number of nitrogens with zero attached hydrogens (tertiary/aromatic N) is 1. The van der Waals surface area contributed by atoms with E-state index in [1.54, 1.807) is 6.26 Å². The van der Waals surface area contributed by atoms with Gasteiger partial charge in [0.05, 0.1) is 6.26 Å². The van der Waals surface area contributed by atoms with Gasteiger partial charge in [-0.25, -0.2) is 0 Å². The number of furan rings is 1. The highest BCUT2D eigenvalue weighted by Crippen LogP contribution is 2.34. The topological polar surface area (TPSA) is 33.5 Å². The van der Waals surface area contributed by atoms with Crippen molar-refractivity contribution in [3.05, 3.63) is 35.6 Å². The lowest BCUT2D eigenvalue weighted by Crippen LogP contribution is -2.44. The number of benzene rings is 1. The van der Waals surface area contributed by atoms with Gasteiger partial charge in [0, 0.05) is 24.4 Å². The molecule has 4 rings (SSSR count). The zero-order chi connectivity index (χ0) is 15.8. The van der Waals surface area contributed by atoms with Crippen LogP contribution in [0.3, 0.4) is 0 Å². The maximum atomic E-state index is 12.7. The molecular formula is C20H25NO2. The Hall–Kier alpha value is -1.77. The first kappa shape index (κ1) is 14.8.